The zero-order valence-corrected chi connectivity index (χ0v) is 11.3. The summed E-state index contributed by atoms with van der Waals surface area (Å²) in [6.07, 6.45) is -0.525. The SMILES string of the molecule is CC(C)(C)OC(=O)NCc1cc(Cl)nc(Cl)n1. The molecule has 0 fully saturated rings. The molecule has 1 amide bonds. The smallest absolute Gasteiger partial charge is 0.407 e. The van der Waals surface area contributed by atoms with Crippen LogP contribution in [0.25, 0.3) is 0 Å². The summed E-state index contributed by atoms with van der Waals surface area (Å²) < 4.78 is 5.06. The average Bonchev–Trinajstić information content (AvgIpc) is 2.10. The van der Waals surface area contributed by atoms with Gasteiger partial charge in [-0.1, -0.05) is 11.6 Å². The second-order valence-corrected chi connectivity index (χ2v) is 5.03. The molecule has 0 aromatic carbocycles. The molecule has 1 N–H and O–H groups in total. The van der Waals surface area contributed by atoms with Crippen molar-refractivity contribution in [3.05, 3.63) is 22.2 Å². The number of hydrogen-bond donors (Lipinski definition) is 1. The number of halogens is 2. The third kappa shape index (κ3) is 5.70. The lowest BCUT2D eigenvalue weighted by atomic mass is 10.2. The van der Waals surface area contributed by atoms with Crippen molar-refractivity contribution in [2.24, 2.45) is 0 Å². The molecule has 17 heavy (non-hydrogen) atoms. The van der Waals surface area contributed by atoms with E-state index in [2.05, 4.69) is 15.3 Å². The molecule has 0 saturated heterocycles. The molecule has 94 valence electrons. The zero-order valence-electron chi connectivity index (χ0n) is 9.75. The summed E-state index contributed by atoms with van der Waals surface area (Å²) in [7, 11) is 0. The molecule has 0 bridgehead atoms. The van der Waals surface area contributed by atoms with Gasteiger partial charge in [-0.3, -0.25) is 0 Å². The van der Waals surface area contributed by atoms with Gasteiger partial charge >= 0.3 is 6.09 Å². The number of amides is 1. The van der Waals surface area contributed by atoms with Gasteiger partial charge in [0.15, 0.2) is 0 Å². The van der Waals surface area contributed by atoms with E-state index in [0.717, 1.165) is 0 Å². The molecular weight excluding hydrogens is 265 g/mol. The fourth-order valence-electron chi connectivity index (χ4n) is 1.00. The molecule has 0 saturated carbocycles. The van der Waals surface area contributed by atoms with E-state index in [-0.39, 0.29) is 17.0 Å². The summed E-state index contributed by atoms with van der Waals surface area (Å²) in [5.41, 5.74) is -0.0220. The van der Waals surface area contributed by atoms with E-state index in [1.165, 1.54) is 6.07 Å². The summed E-state index contributed by atoms with van der Waals surface area (Å²) in [6, 6.07) is 1.52. The number of nitrogens with zero attached hydrogens (tertiary/aromatic N) is 2. The van der Waals surface area contributed by atoms with Gasteiger partial charge in [0.25, 0.3) is 0 Å². The number of nitrogens with one attached hydrogen (secondary N) is 1. The van der Waals surface area contributed by atoms with E-state index < -0.39 is 11.7 Å². The number of hydrogen-bond acceptors (Lipinski definition) is 4. The van der Waals surface area contributed by atoms with E-state index in [4.69, 9.17) is 27.9 Å². The van der Waals surface area contributed by atoms with E-state index in [1.807, 2.05) is 0 Å². The highest BCUT2D eigenvalue weighted by Gasteiger charge is 2.15. The lowest BCUT2D eigenvalue weighted by Gasteiger charge is -2.19. The van der Waals surface area contributed by atoms with Crippen molar-refractivity contribution in [3.8, 4) is 0 Å². The Morgan fingerprint density at radius 1 is 1.41 bits per heavy atom. The average molecular weight is 278 g/mol. The normalized spacial score (nSPS) is 11.1. The van der Waals surface area contributed by atoms with E-state index in [9.17, 15) is 4.79 Å². The Hall–Kier alpha value is -1.07. The first-order valence-electron chi connectivity index (χ1n) is 4.92. The van der Waals surface area contributed by atoms with Crippen molar-refractivity contribution in [3.63, 3.8) is 0 Å². The van der Waals surface area contributed by atoms with Gasteiger partial charge in [0, 0.05) is 0 Å². The Kier molecular flexibility index (Phi) is 4.54. The van der Waals surface area contributed by atoms with Crippen molar-refractivity contribution >= 4 is 29.3 Å². The molecule has 7 heteroatoms. The highest BCUT2D eigenvalue weighted by Crippen LogP contribution is 2.11. The summed E-state index contributed by atoms with van der Waals surface area (Å²) >= 11 is 11.3. The van der Waals surface area contributed by atoms with Gasteiger partial charge in [0.05, 0.1) is 12.2 Å². The number of carbonyl (C=O) groups excluding carboxylic acids is 1. The first kappa shape index (κ1) is 14.0. The highest BCUT2D eigenvalue weighted by atomic mass is 35.5. The molecule has 0 aliphatic carbocycles. The molecule has 0 radical (unpaired) electrons. The largest absolute Gasteiger partial charge is 0.444 e. The minimum absolute atomic E-state index is 0.0403. The van der Waals surface area contributed by atoms with Gasteiger partial charge in [-0.15, -0.1) is 0 Å². The predicted octanol–water partition coefficient (Wildman–Crippen LogP) is 2.81. The van der Waals surface area contributed by atoms with Crippen LogP contribution in [0.4, 0.5) is 4.79 Å². The molecule has 0 atom stereocenters. The van der Waals surface area contributed by atoms with E-state index >= 15 is 0 Å². The van der Waals surface area contributed by atoms with Crippen molar-refractivity contribution < 1.29 is 9.53 Å². The maximum absolute atomic E-state index is 11.4. The summed E-state index contributed by atoms with van der Waals surface area (Å²) in [6.45, 7) is 5.53. The molecule has 1 heterocycles. The van der Waals surface area contributed by atoms with Crippen molar-refractivity contribution in [2.45, 2.75) is 32.9 Å². The second-order valence-electron chi connectivity index (χ2n) is 4.31. The van der Waals surface area contributed by atoms with E-state index in [1.54, 1.807) is 20.8 Å². The van der Waals surface area contributed by atoms with Crippen LogP contribution in [0.5, 0.6) is 0 Å². The number of aromatic nitrogens is 2. The Bertz CT molecular complexity index is 398. The maximum atomic E-state index is 11.4. The Balaban J connectivity index is 2.53. The van der Waals surface area contributed by atoms with Crippen molar-refractivity contribution in [1.82, 2.24) is 15.3 Å². The number of ether oxygens (including phenoxy) is 1. The van der Waals surface area contributed by atoms with Crippen molar-refractivity contribution in [2.75, 3.05) is 0 Å². The molecule has 1 aromatic rings. The van der Waals surface area contributed by atoms with Crippen LogP contribution in [-0.4, -0.2) is 21.7 Å². The molecular formula is C10H13Cl2N3O2. The van der Waals surface area contributed by atoms with Gasteiger partial charge in [-0.2, -0.15) is 0 Å². The first-order chi connectivity index (χ1) is 7.76. The molecule has 0 aliphatic rings. The van der Waals surface area contributed by atoms with Gasteiger partial charge < -0.3 is 10.1 Å². The van der Waals surface area contributed by atoms with Crippen molar-refractivity contribution in [1.29, 1.82) is 0 Å². The fourth-order valence-corrected chi connectivity index (χ4v) is 1.45. The monoisotopic (exact) mass is 277 g/mol. The summed E-state index contributed by atoms with van der Waals surface area (Å²) in [4.78, 5) is 19.0. The van der Waals surface area contributed by atoms with Gasteiger partial charge in [-0.25, -0.2) is 14.8 Å². The van der Waals surface area contributed by atoms with Gasteiger partial charge in [0.2, 0.25) is 5.28 Å². The molecule has 1 rings (SSSR count). The van der Waals surface area contributed by atoms with Crippen LogP contribution >= 0.6 is 23.2 Å². The lowest BCUT2D eigenvalue weighted by molar-refractivity contribution is 0.0523. The molecule has 5 nitrogen and oxygen atoms in total. The second kappa shape index (κ2) is 5.51. The predicted molar refractivity (Wildman–Crippen MR) is 65.1 cm³/mol. The molecule has 0 aliphatic heterocycles. The van der Waals surface area contributed by atoms with Crippen LogP contribution in [0, 0.1) is 0 Å². The summed E-state index contributed by atoms with van der Waals surface area (Å²) in [5, 5.41) is 2.81. The van der Waals surface area contributed by atoms with Crippen LogP contribution in [0.2, 0.25) is 10.4 Å². The minimum Gasteiger partial charge on any atom is -0.444 e. The zero-order chi connectivity index (χ0) is 13.1. The molecule has 0 spiro atoms. The Labute approximate surface area is 109 Å². The number of carbonyl (C=O) groups is 1. The van der Waals surface area contributed by atoms with Gasteiger partial charge in [0.1, 0.15) is 10.8 Å². The molecule has 0 unspecified atom stereocenters. The molecule has 1 aromatic heterocycles. The van der Waals surface area contributed by atoms with Crippen LogP contribution in [0.3, 0.4) is 0 Å². The Morgan fingerprint density at radius 2 is 2.06 bits per heavy atom. The number of alkyl carbamates (subject to hydrolysis) is 1. The first-order valence-corrected chi connectivity index (χ1v) is 5.68. The van der Waals surface area contributed by atoms with Crippen LogP contribution in [-0.2, 0) is 11.3 Å². The van der Waals surface area contributed by atoms with Gasteiger partial charge in [-0.05, 0) is 38.4 Å². The third-order valence-electron chi connectivity index (χ3n) is 1.53. The Morgan fingerprint density at radius 3 is 2.59 bits per heavy atom. The highest BCUT2D eigenvalue weighted by molar-refractivity contribution is 6.31. The topological polar surface area (TPSA) is 64.1 Å². The van der Waals surface area contributed by atoms with E-state index in [0.29, 0.717) is 5.69 Å². The summed E-state index contributed by atoms with van der Waals surface area (Å²) in [5.74, 6) is 0. The fraction of sp³-hybridized carbons (Fsp3) is 0.500. The van der Waals surface area contributed by atoms with Crippen LogP contribution in [0.1, 0.15) is 26.5 Å². The lowest BCUT2D eigenvalue weighted by Crippen LogP contribution is -2.32. The van der Waals surface area contributed by atoms with Crippen LogP contribution < -0.4 is 5.32 Å². The number of rotatable bonds is 2. The maximum Gasteiger partial charge on any atom is 0.407 e. The van der Waals surface area contributed by atoms with Crippen LogP contribution in [0.15, 0.2) is 6.07 Å². The standard InChI is InChI=1S/C10H13Cl2N3O2/c1-10(2,3)17-9(16)13-5-6-4-7(11)15-8(12)14-6/h4H,5H2,1-3H3,(H,13,16). The quantitative estimate of drug-likeness (QED) is 0.667. The third-order valence-corrected chi connectivity index (χ3v) is 1.90. The minimum atomic E-state index is -0.537.